The fourth-order valence-corrected chi connectivity index (χ4v) is 2.60. The molecule has 0 aliphatic rings. The third kappa shape index (κ3) is 4.55. The average Bonchev–Trinajstić information content (AvgIpc) is 3.01. The molecule has 0 bridgehead atoms. The van der Waals surface area contributed by atoms with Gasteiger partial charge in [-0.25, -0.2) is 9.59 Å². The molecule has 4 amide bonds. The number of aromatic amines is 2. The number of urea groups is 1. The quantitative estimate of drug-likeness (QED) is 0.376. The molecule has 0 aliphatic heterocycles. The number of para-hydroxylation sites is 1. The first-order valence-electron chi connectivity index (χ1n) is 8.38. The predicted molar refractivity (Wildman–Crippen MR) is 104 cm³/mol. The lowest BCUT2D eigenvalue weighted by Gasteiger charge is -2.10. The summed E-state index contributed by atoms with van der Waals surface area (Å²) in [7, 11) is 0. The van der Waals surface area contributed by atoms with Gasteiger partial charge >= 0.3 is 11.7 Å². The first-order chi connectivity index (χ1) is 13.4. The number of imidazole rings is 1. The van der Waals surface area contributed by atoms with Gasteiger partial charge in [0.25, 0.3) is 5.91 Å². The van der Waals surface area contributed by atoms with Gasteiger partial charge in [-0.1, -0.05) is 12.1 Å². The van der Waals surface area contributed by atoms with Gasteiger partial charge in [0.1, 0.15) is 0 Å². The molecule has 0 saturated carbocycles. The number of hydrogen-bond donors (Lipinski definition) is 6. The third-order valence-corrected chi connectivity index (χ3v) is 3.83. The number of fused-ring (bicyclic) bond motifs is 1. The van der Waals surface area contributed by atoms with Gasteiger partial charge in [-0.3, -0.25) is 9.59 Å². The molecule has 3 aromatic rings. The van der Waals surface area contributed by atoms with Gasteiger partial charge in [0.15, 0.2) is 0 Å². The molecule has 144 valence electrons. The second-order valence-corrected chi connectivity index (χ2v) is 5.94. The number of rotatable bonds is 6. The third-order valence-electron chi connectivity index (χ3n) is 3.83. The van der Waals surface area contributed by atoms with Crippen LogP contribution in [0.1, 0.15) is 16.8 Å². The number of amides is 4. The Kier molecular flexibility index (Phi) is 5.40. The maximum Gasteiger partial charge on any atom is 0.323 e. The van der Waals surface area contributed by atoms with Crippen molar-refractivity contribution in [3.05, 3.63) is 58.5 Å². The van der Waals surface area contributed by atoms with Gasteiger partial charge in [-0.15, -0.1) is 0 Å². The van der Waals surface area contributed by atoms with Crippen LogP contribution in [0.15, 0.2) is 47.3 Å². The molecule has 3 rings (SSSR count). The highest BCUT2D eigenvalue weighted by Gasteiger charge is 2.13. The normalized spacial score (nSPS) is 10.4. The number of hydrogen-bond acceptors (Lipinski definition) is 4. The van der Waals surface area contributed by atoms with Crippen molar-refractivity contribution in [3.63, 3.8) is 0 Å². The van der Waals surface area contributed by atoms with Crippen LogP contribution in [0, 0.1) is 0 Å². The number of nitrogens with two attached hydrogens (primary N) is 1. The predicted octanol–water partition coefficient (Wildman–Crippen LogP) is 1.11. The Morgan fingerprint density at radius 3 is 2.43 bits per heavy atom. The summed E-state index contributed by atoms with van der Waals surface area (Å²) >= 11 is 0. The summed E-state index contributed by atoms with van der Waals surface area (Å²) in [4.78, 5) is 51.7. The fraction of sp³-hybridized carbons (Fsp3) is 0.111. The second-order valence-electron chi connectivity index (χ2n) is 5.94. The molecule has 0 unspecified atom stereocenters. The molecule has 10 nitrogen and oxygen atoms in total. The molecule has 1 aromatic heterocycles. The summed E-state index contributed by atoms with van der Waals surface area (Å²) in [6, 6.07) is 11.0. The van der Waals surface area contributed by atoms with E-state index in [0.717, 1.165) is 0 Å². The first kappa shape index (κ1) is 18.7. The Morgan fingerprint density at radius 1 is 0.964 bits per heavy atom. The number of carbonyl (C=O) groups excluding carboxylic acids is 3. The van der Waals surface area contributed by atoms with Crippen molar-refractivity contribution in [2.75, 3.05) is 17.2 Å². The lowest BCUT2D eigenvalue weighted by molar-refractivity contribution is -0.117. The zero-order chi connectivity index (χ0) is 20.1. The van der Waals surface area contributed by atoms with Crippen molar-refractivity contribution in [2.45, 2.75) is 6.42 Å². The Balaban J connectivity index is 1.68. The van der Waals surface area contributed by atoms with E-state index in [9.17, 15) is 19.2 Å². The van der Waals surface area contributed by atoms with E-state index in [1.54, 1.807) is 42.5 Å². The number of anilines is 2. The van der Waals surface area contributed by atoms with Crippen LogP contribution >= 0.6 is 0 Å². The van der Waals surface area contributed by atoms with Crippen molar-refractivity contribution >= 4 is 40.3 Å². The zero-order valence-electron chi connectivity index (χ0n) is 14.7. The Morgan fingerprint density at radius 2 is 1.68 bits per heavy atom. The lowest BCUT2D eigenvalue weighted by Crippen LogP contribution is -2.31. The Labute approximate surface area is 158 Å². The standard InChI is InChI=1S/C18H18N6O4/c19-14(25)7-8-20-17(27)22-11-4-1-3-10(9-11)21-16(26)12-5-2-6-13-15(12)24-18(28)23-13/h1-6,9H,7-8H2,(H2,19,25)(H,21,26)(H2,20,22,27)(H2,23,24,28). The molecular formula is C18H18N6O4. The number of benzene rings is 2. The summed E-state index contributed by atoms with van der Waals surface area (Å²) in [5, 5.41) is 7.82. The smallest absolute Gasteiger partial charge is 0.323 e. The van der Waals surface area contributed by atoms with E-state index in [0.29, 0.717) is 28.0 Å². The molecule has 0 aliphatic carbocycles. The second kappa shape index (κ2) is 8.08. The highest BCUT2D eigenvalue weighted by Crippen LogP contribution is 2.18. The molecule has 1 heterocycles. The number of H-pyrrole nitrogens is 2. The summed E-state index contributed by atoms with van der Waals surface area (Å²) in [5.41, 5.74) is 6.75. The van der Waals surface area contributed by atoms with E-state index in [1.165, 1.54) is 0 Å². The minimum Gasteiger partial charge on any atom is -0.370 e. The topological polar surface area (TPSA) is 162 Å². The number of aromatic nitrogens is 2. The molecule has 0 atom stereocenters. The van der Waals surface area contributed by atoms with E-state index >= 15 is 0 Å². The van der Waals surface area contributed by atoms with Gasteiger partial charge in [-0.2, -0.15) is 0 Å². The summed E-state index contributed by atoms with van der Waals surface area (Å²) in [6.07, 6.45) is 0.0380. The van der Waals surface area contributed by atoms with Crippen LogP contribution in [0.4, 0.5) is 16.2 Å². The molecule has 0 spiro atoms. The highest BCUT2D eigenvalue weighted by atomic mass is 16.2. The van der Waals surface area contributed by atoms with Gasteiger partial charge < -0.3 is 31.7 Å². The summed E-state index contributed by atoms with van der Waals surface area (Å²) < 4.78 is 0. The molecule has 0 saturated heterocycles. The summed E-state index contributed by atoms with van der Waals surface area (Å²) in [5.74, 6) is -0.923. The van der Waals surface area contributed by atoms with E-state index in [-0.39, 0.29) is 13.0 Å². The van der Waals surface area contributed by atoms with Crippen molar-refractivity contribution < 1.29 is 14.4 Å². The summed E-state index contributed by atoms with van der Waals surface area (Å²) in [6.45, 7) is 0.121. The van der Waals surface area contributed by atoms with Gasteiger partial charge in [-0.05, 0) is 30.3 Å². The fourth-order valence-electron chi connectivity index (χ4n) is 2.60. The SMILES string of the molecule is NC(=O)CCNC(=O)Nc1cccc(NC(=O)c2cccc3[nH]c(=O)[nH]c23)c1. The molecule has 2 aromatic carbocycles. The van der Waals surface area contributed by atoms with Crippen molar-refractivity contribution in [2.24, 2.45) is 5.73 Å². The molecule has 0 radical (unpaired) electrons. The van der Waals surface area contributed by atoms with Crippen molar-refractivity contribution in [1.82, 2.24) is 15.3 Å². The van der Waals surface area contributed by atoms with E-state index in [1.807, 2.05) is 0 Å². The Bertz CT molecular complexity index is 1100. The number of nitrogens with one attached hydrogen (secondary N) is 5. The van der Waals surface area contributed by atoms with Crippen molar-refractivity contribution in [1.29, 1.82) is 0 Å². The zero-order valence-corrected chi connectivity index (χ0v) is 14.7. The van der Waals surface area contributed by atoms with Crippen LogP contribution in [-0.2, 0) is 4.79 Å². The minimum atomic E-state index is -0.510. The van der Waals surface area contributed by atoms with Crippen LogP contribution in [0.5, 0.6) is 0 Å². The molecule has 7 N–H and O–H groups in total. The molecular weight excluding hydrogens is 364 g/mol. The molecule has 28 heavy (non-hydrogen) atoms. The van der Waals surface area contributed by atoms with E-state index < -0.39 is 23.5 Å². The van der Waals surface area contributed by atoms with Crippen LogP contribution in [0.25, 0.3) is 11.0 Å². The lowest BCUT2D eigenvalue weighted by atomic mass is 10.1. The van der Waals surface area contributed by atoms with Gasteiger partial charge in [0.2, 0.25) is 5.91 Å². The van der Waals surface area contributed by atoms with Gasteiger partial charge in [0, 0.05) is 24.3 Å². The minimum absolute atomic E-state index is 0.0380. The van der Waals surface area contributed by atoms with Crippen LogP contribution in [0.2, 0.25) is 0 Å². The number of primary amides is 1. The molecule has 10 heteroatoms. The van der Waals surface area contributed by atoms with Crippen LogP contribution < -0.4 is 27.4 Å². The van der Waals surface area contributed by atoms with Crippen molar-refractivity contribution in [3.8, 4) is 0 Å². The number of carbonyl (C=O) groups is 3. The first-order valence-corrected chi connectivity index (χ1v) is 8.38. The highest BCUT2D eigenvalue weighted by molar-refractivity contribution is 6.11. The van der Waals surface area contributed by atoms with Crippen LogP contribution in [-0.4, -0.2) is 34.4 Å². The largest absolute Gasteiger partial charge is 0.370 e. The average molecular weight is 382 g/mol. The van der Waals surface area contributed by atoms with E-state index in [4.69, 9.17) is 5.73 Å². The monoisotopic (exact) mass is 382 g/mol. The maximum atomic E-state index is 12.6. The van der Waals surface area contributed by atoms with Gasteiger partial charge in [0.05, 0.1) is 16.6 Å². The Hall–Kier alpha value is -4.08. The molecule has 0 fully saturated rings. The maximum absolute atomic E-state index is 12.6. The van der Waals surface area contributed by atoms with Crippen LogP contribution in [0.3, 0.4) is 0 Å². The van der Waals surface area contributed by atoms with E-state index in [2.05, 4.69) is 25.9 Å².